The van der Waals surface area contributed by atoms with Gasteiger partial charge in [0.1, 0.15) is 11.3 Å². The average Bonchev–Trinajstić information content (AvgIpc) is 3.70. The van der Waals surface area contributed by atoms with E-state index in [1.165, 1.54) is 0 Å². The van der Waals surface area contributed by atoms with Gasteiger partial charge in [0.15, 0.2) is 17.0 Å². The predicted octanol–water partition coefficient (Wildman–Crippen LogP) is 4.79. The number of carbonyl (C=O) groups is 3. The zero-order valence-electron chi connectivity index (χ0n) is 41.4. The Morgan fingerprint density at radius 3 is 2.63 bits per heavy atom. The number of ketones is 1. The van der Waals surface area contributed by atoms with Crippen LogP contribution in [-0.4, -0.2) is 123 Å². The second-order valence-electron chi connectivity index (χ2n) is 21.3. The summed E-state index contributed by atoms with van der Waals surface area (Å²) in [5.74, 6) is -0.892. The molecule has 71 heavy (non-hydrogen) atoms. The number of esters is 1. The van der Waals surface area contributed by atoms with Gasteiger partial charge in [-0.3, -0.25) is 9.59 Å². The molecule has 0 unspecified atom stereocenters. The van der Waals surface area contributed by atoms with Gasteiger partial charge in [-0.2, -0.15) is 0 Å². The number of carbonyl (C=O) groups excluding carboxylic acids is 3. The first-order valence-corrected chi connectivity index (χ1v) is 27.8. The van der Waals surface area contributed by atoms with E-state index >= 15 is 4.79 Å². The molecule has 17 heteroatoms. The molecule has 8 N–H and O–H groups in total. The van der Waals surface area contributed by atoms with E-state index in [0.717, 1.165) is 28.7 Å². The largest absolute Gasteiger partial charge is 0.481 e. The number of allylic oxidation sites excluding steroid dienone is 3. The Bertz CT molecular complexity index is 2640. The van der Waals surface area contributed by atoms with E-state index in [1.54, 1.807) is 59.7 Å². The van der Waals surface area contributed by atoms with Crippen LogP contribution in [0.2, 0.25) is 0 Å². The van der Waals surface area contributed by atoms with Gasteiger partial charge in [-0.25, -0.2) is 9.59 Å². The van der Waals surface area contributed by atoms with Gasteiger partial charge in [-0.05, 0) is 112 Å². The van der Waals surface area contributed by atoms with Crippen molar-refractivity contribution in [1.82, 2.24) is 15.5 Å². The molecule has 5 heterocycles. The summed E-state index contributed by atoms with van der Waals surface area (Å²) < 4.78 is 20.2. The summed E-state index contributed by atoms with van der Waals surface area (Å²) in [6.07, 6.45) is 12.3. The van der Waals surface area contributed by atoms with Crippen LogP contribution < -0.4 is 26.7 Å². The van der Waals surface area contributed by atoms with Crippen molar-refractivity contribution in [3.8, 4) is 5.75 Å². The molecule has 384 valence electrons. The summed E-state index contributed by atoms with van der Waals surface area (Å²) in [5.41, 5.74) is 7.12. The number of benzene rings is 1. The molecule has 2 fully saturated rings. The molecule has 4 aliphatic heterocycles. The summed E-state index contributed by atoms with van der Waals surface area (Å²) >= 11 is 0. The fraction of sp³-hybridized carbons (Fsp3) is 0.593. The van der Waals surface area contributed by atoms with E-state index in [2.05, 4.69) is 24.5 Å². The standard InChI is InChI=1S/C54H70N4O11S2/c1-6-30(13-14-59)52(66)69-53(4)36(26-61)18-35-27-70-71-44-20-39-41(63)12-11-40-47(49(39)56-5)50(44)58(40)46(64)19-34-24-57-45(55)21-38(34)48(35)54(53)23-33-17-31-16-32(51(65)67-42(31)22-43(33)68-54)15-29(25-60)8-10-37(62)9-7-28(2)3/h6,11-12,16-18,21-22,28-29,36-37,39-40,44,47-50,56-57,59-62H,7-10,13-15,19-20,23-27,55H2,1-5H3/b30-6+/t29-,36-,37-,39-,40+,44+,47+,48+,49-,50-,53-,54-/m1/s1. The first-order chi connectivity index (χ1) is 34.1. The number of fused-ring (bicyclic) bond motifs is 7. The number of dihydropyridines is 1. The molecule has 1 aromatic heterocycles. The minimum absolute atomic E-state index is 0.0355. The van der Waals surface area contributed by atoms with Crippen molar-refractivity contribution in [1.29, 1.82) is 0 Å². The third-order valence-corrected chi connectivity index (χ3v) is 19.5. The van der Waals surface area contributed by atoms with Crippen molar-refractivity contribution >= 4 is 50.2 Å². The van der Waals surface area contributed by atoms with Crippen molar-refractivity contribution < 1.29 is 48.7 Å². The Morgan fingerprint density at radius 1 is 1.13 bits per heavy atom. The van der Waals surface area contributed by atoms with Crippen molar-refractivity contribution in [2.24, 2.45) is 41.2 Å². The molecule has 1 spiro atoms. The van der Waals surface area contributed by atoms with Gasteiger partial charge in [0.2, 0.25) is 5.91 Å². The zero-order valence-corrected chi connectivity index (χ0v) is 43.0. The van der Waals surface area contributed by atoms with Crippen LogP contribution in [-0.2, 0) is 32.0 Å². The van der Waals surface area contributed by atoms with E-state index in [1.807, 2.05) is 36.2 Å². The first-order valence-electron chi connectivity index (χ1n) is 25.4. The zero-order chi connectivity index (χ0) is 50.5. The molecule has 2 aromatic rings. The molecular weight excluding hydrogens is 945 g/mol. The van der Waals surface area contributed by atoms with E-state index in [9.17, 15) is 34.8 Å². The topological polar surface area (TPSA) is 234 Å². The molecule has 1 saturated carbocycles. The number of nitrogens with two attached hydrogens (primary N) is 1. The number of aliphatic hydroxyl groups is 4. The maximum absolute atomic E-state index is 15.0. The average molecular weight is 1020 g/mol. The van der Waals surface area contributed by atoms with Crippen LogP contribution >= 0.6 is 21.6 Å². The normalized spacial score (nSPS) is 32.0. The minimum atomic E-state index is -1.60. The second kappa shape index (κ2) is 20.9. The third kappa shape index (κ3) is 9.35. The van der Waals surface area contributed by atoms with Crippen LogP contribution in [0.5, 0.6) is 5.75 Å². The Hall–Kier alpha value is -4.36. The van der Waals surface area contributed by atoms with Crippen LogP contribution in [0.25, 0.3) is 11.0 Å². The Kier molecular flexibility index (Phi) is 15.1. The predicted molar refractivity (Wildman–Crippen MR) is 274 cm³/mol. The number of rotatable bonds is 15. The molecule has 1 aromatic carbocycles. The minimum Gasteiger partial charge on any atom is -0.481 e. The lowest BCUT2D eigenvalue weighted by Crippen LogP contribution is -2.75. The smallest absolute Gasteiger partial charge is 0.339 e. The summed E-state index contributed by atoms with van der Waals surface area (Å²) in [6, 6.07) is 5.01. The Labute approximate surface area is 423 Å². The van der Waals surface area contributed by atoms with E-state index in [0.29, 0.717) is 59.9 Å². The van der Waals surface area contributed by atoms with Crippen LogP contribution in [0.4, 0.5) is 0 Å². The van der Waals surface area contributed by atoms with Gasteiger partial charge >= 0.3 is 11.6 Å². The summed E-state index contributed by atoms with van der Waals surface area (Å²) in [7, 11) is 5.23. The number of hydrogen-bond acceptors (Lipinski definition) is 16. The van der Waals surface area contributed by atoms with Crippen LogP contribution in [0.3, 0.4) is 0 Å². The molecular formula is C54H70N4O11S2. The summed E-state index contributed by atoms with van der Waals surface area (Å²) in [6.45, 7) is 7.11. The maximum atomic E-state index is 15.0. The van der Waals surface area contributed by atoms with Gasteiger partial charge in [-0.1, -0.05) is 59.2 Å². The number of aliphatic hydroxyl groups excluding tert-OH is 4. The molecule has 2 bridgehead atoms. The number of nitrogens with one attached hydrogen (secondary N) is 2. The quantitative estimate of drug-likeness (QED) is 0.0418. The number of amides is 1. The lowest BCUT2D eigenvalue weighted by Gasteiger charge is -2.62. The molecule has 9 rings (SSSR count). The molecule has 0 radical (unpaired) electrons. The highest BCUT2D eigenvalue weighted by molar-refractivity contribution is 8.77. The lowest BCUT2D eigenvalue weighted by atomic mass is 9.57. The molecule has 1 amide bonds. The van der Waals surface area contributed by atoms with E-state index in [-0.39, 0.29) is 109 Å². The third-order valence-electron chi connectivity index (χ3n) is 16.7. The molecule has 1 saturated heterocycles. The first kappa shape index (κ1) is 51.5. The molecule has 15 nitrogen and oxygen atoms in total. The maximum Gasteiger partial charge on any atom is 0.339 e. The molecule has 3 aliphatic carbocycles. The molecule has 7 aliphatic rings. The van der Waals surface area contributed by atoms with Gasteiger partial charge in [0.05, 0.1) is 43.0 Å². The van der Waals surface area contributed by atoms with Gasteiger partial charge in [0.25, 0.3) is 0 Å². The fourth-order valence-electron chi connectivity index (χ4n) is 12.9. The summed E-state index contributed by atoms with van der Waals surface area (Å²) in [4.78, 5) is 58.8. The number of ether oxygens (including phenoxy) is 2. The van der Waals surface area contributed by atoms with Crippen molar-refractivity contribution in [2.75, 3.05) is 39.2 Å². The van der Waals surface area contributed by atoms with Gasteiger partial charge in [-0.15, -0.1) is 0 Å². The van der Waals surface area contributed by atoms with Gasteiger partial charge in [0, 0.05) is 90.0 Å². The SMILES string of the molecule is C/C=C(\CCO)C(=O)O[C@]1(C)[C@@H](CO)C=C2CSS[C@H]3C[C@@H]4C(=O)C=C[C@H]5[C@@H]([C@@H]4NC)[C@@H]3N5C(=O)CC3=C(C=C(N)NC3)[C@H]2[C@]12Cc1cc3cc(C[C@H](CO)CC[C@H](O)CCC(C)C)c(=O)oc3cc1O2. The highest BCUT2D eigenvalue weighted by Crippen LogP contribution is 2.60. The summed E-state index contributed by atoms with van der Waals surface area (Å²) in [5, 5.41) is 49.8. The van der Waals surface area contributed by atoms with Crippen LogP contribution in [0.15, 0.2) is 85.9 Å². The fourth-order valence-corrected chi connectivity index (χ4v) is 16.0. The number of hydrogen-bond donors (Lipinski definition) is 7. The Balaban J connectivity index is 1.15. The van der Waals surface area contributed by atoms with Gasteiger partial charge < -0.3 is 55.6 Å². The van der Waals surface area contributed by atoms with E-state index in [4.69, 9.17) is 19.6 Å². The van der Waals surface area contributed by atoms with Crippen LogP contribution in [0, 0.1) is 35.5 Å². The lowest BCUT2D eigenvalue weighted by molar-refractivity contribution is -0.202. The van der Waals surface area contributed by atoms with Crippen molar-refractivity contribution in [2.45, 2.75) is 126 Å². The second-order valence-corrected chi connectivity index (χ2v) is 23.9. The van der Waals surface area contributed by atoms with Crippen molar-refractivity contribution in [3.05, 3.63) is 98.2 Å². The highest BCUT2D eigenvalue weighted by atomic mass is 33.1. The number of nitrogens with zero attached hydrogens (tertiary/aromatic N) is 1. The van der Waals surface area contributed by atoms with Crippen LogP contribution in [0.1, 0.15) is 83.8 Å². The highest BCUT2D eigenvalue weighted by Gasteiger charge is 2.68. The van der Waals surface area contributed by atoms with E-state index < -0.39 is 47.3 Å². The molecule has 12 atom stereocenters. The van der Waals surface area contributed by atoms with Crippen molar-refractivity contribution in [3.63, 3.8) is 0 Å². The monoisotopic (exact) mass is 1010 g/mol. The Morgan fingerprint density at radius 2 is 1.92 bits per heavy atom.